The standard InChI is InChI=1S/C11H15F2NS/c12-11(13)5-3-10(8-14,4-6-11)9-2-1-7-15-9/h1-2,7H,3-6,8,14H2. The number of nitrogens with two attached hydrogens (primary N) is 1. The molecule has 1 heterocycles. The average molecular weight is 231 g/mol. The highest BCUT2D eigenvalue weighted by atomic mass is 32.1. The SMILES string of the molecule is NCC1(c2cccs2)CCC(F)(F)CC1. The summed E-state index contributed by atoms with van der Waals surface area (Å²) in [5.74, 6) is -2.48. The van der Waals surface area contributed by atoms with Crippen LogP contribution in [0, 0.1) is 0 Å². The molecule has 0 aliphatic heterocycles. The van der Waals surface area contributed by atoms with Crippen LogP contribution in [0.4, 0.5) is 8.78 Å². The van der Waals surface area contributed by atoms with Gasteiger partial charge in [-0.15, -0.1) is 11.3 Å². The Morgan fingerprint density at radius 1 is 1.27 bits per heavy atom. The van der Waals surface area contributed by atoms with E-state index in [0.717, 1.165) is 0 Å². The molecule has 2 rings (SSSR count). The fourth-order valence-electron chi connectivity index (χ4n) is 2.23. The van der Waals surface area contributed by atoms with Gasteiger partial charge in [0.25, 0.3) is 0 Å². The van der Waals surface area contributed by atoms with Gasteiger partial charge in [0.05, 0.1) is 0 Å². The van der Waals surface area contributed by atoms with Crippen LogP contribution in [-0.2, 0) is 5.41 Å². The summed E-state index contributed by atoms with van der Waals surface area (Å²) < 4.78 is 26.2. The smallest absolute Gasteiger partial charge is 0.248 e. The second-order valence-corrected chi connectivity index (χ2v) is 5.27. The van der Waals surface area contributed by atoms with Crippen LogP contribution in [0.2, 0.25) is 0 Å². The third kappa shape index (κ3) is 2.06. The first kappa shape index (κ1) is 11.0. The van der Waals surface area contributed by atoms with E-state index in [1.165, 1.54) is 4.88 Å². The first-order chi connectivity index (χ1) is 7.08. The normalized spacial score (nSPS) is 23.9. The van der Waals surface area contributed by atoms with Crippen molar-refractivity contribution in [1.29, 1.82) is 0 Å². The van der Waals surface area contributed by atoms with Crippen LogP contribution in [0.1, 0.15) is 30.6 Å². The molecule has 4 heteroatoms. The van der Waals surface area contributed by atoms with Crippen molar-refractivity contribution in [3.05, 3.63) is 22.4 Å². The van der Waals surface area contributed by atoms with E-state index in [-0.39, 0.29) is 18.3 Å². The number of rotatable bonds is 2. The maximum Gasteiger partial charge on any atom is 0.248 e. The van der Waals surface area contributed by atoms with Crippen molar-refractivity contribution in [2.75, 3.05) is 6.54 Å². The third-order valence-electron chi connectivity index (χ3n) is 3.37. The quantitative estimate of drug-likeness (QED) is 0.831. The molecule has 15 heavy (non-hydrogen) atoms. The number of alkyl halides is 2. The summed E-state index contributed by atoms with van der Waals surface area (Å²) in [4.78, 5) is 1.17. The Hall–Kier alpha value is -0.480. The van der Waals surface area contributed by atoms with E-state index >= 15 is 0 Å². The Bertz CT molecular complexity index is 311. The fourth-order valence-corrected chi connectivity index (χ4v) is 3.22. The largest absolute Gasteiger partial charge is 0.330 e. The monoisotopic (exact) mass is 231 g/mol. The number of halogens is 2. The van der Waals surface area contributed by atoms with E-state index in [1.807, 2.05) is 17.5 Å². The van der Waals surface area contributed by atoms with Crippen molar-refractivity contribution >= 4 is 11.3 Å². The maximum atomic E-state index is 13.1. The third-order valence-corrected chi connectivity index (χ3v) is 4.49. The molecule has 0 bridgehead atoms. The summed E-state index contributed by atoms with van der Waals surface area (Å²) in [6.07, 6.45) is 0.970. The van der Waals surface area contributed by atoms with Gasteiger partial charge < -0.3 is 5.73 Å². The lowest BCUT2D eigenvalue weighted by Gasteiger charge is -2.38. The zero-order chi connectivity index (χ0) is 10.9. The predicted molar refractivity (Wildman–Crippen MR) is 58.5 cm³/mol. The molecule has 0 unspecified atom stereocenters. The molecule has 1 aromatic heterocycles. The van der Waals surface area contributed by atoms with Gasteiger partial charge in [-0.1, -0.05) is 6.07 Å². The minimum atomic E-state index is -2.48. The highest BCUT2D eigenvalue weighted by molar-refractivity contribution is 7.10. The molecular formula is C11H15F2NS. The van der Waals surface area contributed by atoms with Crippen LogP contribution in [0.15, 0.2) is 17.5 Å². The van der Waals surface area contributed by atoms with Crippen molar-refractivity contribution < 1.29 is 8.78 Å². The lowest BCUT2D eigenvalue weighted by molar-refractivity contribution is -0.0504. The van der Waals surface area contributed by atoms with Crippen molar-refractivity contribution in [2.24, 2.45) is 5.73 Å². The molecule has 0 spiro atoms. The van der Waals surface area contributed by atoms with E-state index in [9.17, 15) is 8.78 Å². The van der Waals surface area contributed by atoms with Crippen molar-refractivity contribution in [3.8, 4) is 0 Å². The highest BCUT2D eigenvalue weighted by Crippen LogP contribution is 2.45. The lowest BCUT2D eigenvalue weighted by atomic mass is 9.72. The molecule has 0 saturated heterocycles. The zero-order valence-corrected chi connectivity index (χ0v) is 9.33. The van der Waals surface area contributed by atoms with Crippen LogP contribution in [0.5, 0.6) is 0 Å². The van der Waals surface area contributed by atoms with Gasteiger partial charge in [0.15, 0.2) is 0 Å². The van der Waals surface area contributed by atoms with E-state index in [0.29, 0.717) is 19.4 Å². The Balaban J connectivity index is 2.19. The number of thiophene rings is 1. The molecule has 0 amide bonds. The van der Waals surface area contributed by atoms with Gasteiger partial charge in [-0.25, -0.2) is 8.78 Å². The Morgan fingerprint density at radius 3 is 2.40 bits per heavy atom. The van der Waals surface area contributed by atoms with Crippen LogP contribution >= 0.6 is 11.3 Å². The molecule has 1 fully saturated rings. The molecule has 1 aliphatic rings. The summed E-state index contributed by atoms with van der Waals surface area (Å²) in [5, 5.41) is 1.99. The van der Waals surface area contributed by atoms with E-state index in [4.69, 9.17) is 5.73 Å². The minimum Gasteiger partial charge on any atom is -0.330 e. The molecule has 1 saturated carbocycles. The summed E-state index contributed by atoms with van der Waals surface area (Å²) in [7, 11) is 0. The molecule has 1 aliphatic carbocycles. The van der Waals surface area contributed by atoms with Crippen LogP contribution < -0.4 is 5.73 Å². The van der Waals surface area contributed by atoms with E-state index < -0.39 is 5.92 Å². The van der Waals surface area contributed by atoms with Crippen LogP contribution in [-0.4, -0.2) is 12.5 Å². The number of hydrogen-bond acceptors (Lipinski definition) is 2. The summed E-state index contributed by atoms with van der Waals surface area (Å²) in [6.45, 7) is 0.476. The molecule has 84 valence electrons. The molecule has 1 nitrogen and oxygen atoms in total. The van der Waals surface area contributed by atoms with E-state index in [2.05, 4.69) is 0 Å². The topological polar surface area (TPSA) is 26.0 Å². The van der Waals surface area contributed by atoms with Gasteiger partial charge in [0.1, 0.15) is 0 Å². The molecule has 0 radical (unpaired) electrons. The van der Waals surface area contributed by atoms with E-state index in [1.54, 1.807) is 11.3 Å². The Kier molecular flexibility index (Phi) is 2.81. The molecule has 1 aromatic rings. The summed E-state index contributed by atoms with van der Waals surface area (Å²) >= 11 is 1.63. The summed E-state index contributed by atoms with van der Waals surface area (Å²) in [5.41, 5.74) is 5.60. The number of hydrogen-bond donors (Lipinski definition) is 1. The van der Waals surface area contributed by atoms with Gasteiger partial charge >= 0.3 is 0 Å². The summed E-state index contributed by atoms with van der Waals surface area (Å²) in [6, 6.07) is 3.98. The average Bonchev–Trinajstić information content (AvgIpc) is 2.72. The van der Waals surface area contributed by atoms with Crippen molar-refractivity contribution in [1.82, 2.24) is 0 Å². The maximum absolute atomic E-state index is 13.1. The van der Waals surface area contributed by atoms with Gasteiger partial charge in [-0.3, -0.25) is 0 Å². The molecule has 0 atom stereocenters. The first-order valence-electron chi connectivity index (χ1n) is 5.20. The first-order valence-corrected chi connectivity index (χ1v) is 6.08. The lowest BCUT2D eigenvalue weighted by Crippen LogP contribution is -2.41. The highest BCUT2D eigenvalue weighted by Gasteiger charge is 2.43. The molecule has 2 N–H and O–H groups in total. The van der Waals surface area contributed by atoms with Crippen LogP contribution in [0.25, 0.3) is 0 Å². The van der Waals surface area contributed by atoms with Crippen molar-refractivity contribution in [2.45, 2.75) is 37.0 Å². The second-order valence-electron chi connectivity index (χ2n) is 4.32. The Labute approximate surface area is 92.3 Å². The second kappa shape index (κ2) is 3.83. The molecule has 0 aromatic carbocycles. The van der Waals surface area contributed by atoms with Gasteiger partial charge in [-0.05, 0) is 24.3 Å². The fraction of sp³-hybridized carbons (Fsp3) is 0.636. The zero-order valence-electron chi connectivity index (χ0n) is 8.51. The minimum absolute atomic E-state index is 0.0257. The predicted octanol–water partition coefficient (Wildman–Crippen LogP) is 3.15. The van der Waals surface area contributed by atoms with Gasteiger partial charge in [0, 0.05) is 29.7 Å². The van der Waals surface area contributed by atoms with Gasteiger partial charge in [0.2, 0.25) is 5.92 Å². The Morgan fingerprint density at radius 2 is 1.93 bits per heavy atom. The van der Waals surface area contributed by atoms with Crippen LogP contribution in [0.3, 0.4) is 0 Å². The van der Waals surface area contributed by atoms with Gasteiger partial charge in [-0.2, -0.15) is 0 Å². The van der Waals surface area contributed by atoms with Crippen molar-refractivity contribution in [3.63, 3.8) is 0 Å². The molecular weight excluding hydrogens is 216 g/mol.